The Balaban J connectivity index is 2.33. The first-order valence-electron chi connectivity index (χ1n) is 6.78. The third-order valence-electron chi connectivity index (χ3n) is 3.75. The van der Waals surface area contributed by atoms with Gasteiger partial charge >= 0.3 is 0 Å². The van der Waals surface area contributed by atoms with Crippen molar-refractivity contribution in [2.75, 3.05) is 13.1 Å². The van der Waals surface area contributed by atoms with E-state index >= 15 is 0 Å². The van der Waals surface area contributed by atoms with Crippen LogP contribution in [0.5, 0.6) is 0 Å². The predicted molar refractivity (Wildman–Crippen MR) is 73.0 cm³/mol. The van der Waals surface area contributed by atoms with Crippen LogP contribution in [-0.2, 0) is 6.54 Å². The molecular formula is C15H24N2. The Kier molecular flexibility index (Phi) is 4.19. The smallest absolute Gasteiger partial charge is 0.0366 e. The first kappa shape index (κ1) is 12.6. The van der Waals surface area contributed by atoms with Crippen LogP contribution in [-0.4, -0.2) is 24.0 Å². The Morgan fingerprint density at radius 2 is 2.12 bits per heavy atom. The lowest BCUT2D eigenvalue weighted by Gasteiger charge is -2.34. The van der Waals surface area contributed by atoms with Crippen LogP contribution in [0.3, 0.4) is 0 Å². The van der Waals surface area contributed by atoms with E-state index in [9.17, 15) is 0 Å². The highest BCUT2D eigenvalue weighted by Gasteiger charge is 2.24. The van der Waals surface area contributed by atoms with Gasteiger partial charge in [0.25, 0.3) is 0 Å². The summed E-state index contributed by atoms with van der Waals surface area (Å²) < 4.78 is 0. The van der Waals surface area contributed by atoms with Crippen LogP contribution in [0, 0.1) is 0 Å². The molecule has 0 amide bonds. The number of hydrogen-bond acceptors (Lipinski definition) is 2. The van der Waals surface area contributed by atoms with Crippen molar-refractivity contribution in [2.45, 2.75) is 45.8 Å². The number of nitrogens with one attached hydrogen (secondary N) is 1. The maximum Gasteiger partial charge on any atom is 0.0366 e. The van der Waals surface area contributed by atoms with Crippen LogP contribution < -0.4 is 5.32 Å². The van der Waals surface area contributed by atoms with Gasteiger partial charge in [0.1, 0.15) is 0 Å². The van der Waals surface area contributed by atoms with Gasteiger partial charge in [-0.05, 0) is 44.5 Å². The zero-order valence-corrected chi connectivity index (χ0v) is 11.2. The summed E-state index contributed by atoms with van der Waals surface area (Å²) in [4.78, 5) is 2.60. The largest absolute Gasteiger partial charge is 0.313 e. The average molecular weight is 232 g/mol. The van der Waals surface area contributed by atoms with Crippen molar-refractivity contribution in [2.24, 2.45) is 0 Å². The molecule has 1 aliphatic heterocycles. The molecule has 0 saturated carbocycles. The van der Waals surface area contributed by atoms with Crippen molar-refractivity contribution in [3.05, 3.63) is 35.4 Å². The van der Waals surface area contributed by atoms with Crippen molar-refractivity contribution >= 4 is 0 Å². The van der Waals surface area contributed by atoms with E-state index in [0.717, 1.165) is 19.6 Å². The summed E-state index contributed by atoms with van der Waals surface area (Å²) in [5, 5.41) is 3.52. The fourth-order valence-electron chi connectivity index (χ4n) is 2.93. The van der Waals surface area contributed by atoms with Crippen LogP contribution in [0.1, 0.15) is 44.4 Å². The highest BCUT2D eigenvalue weighted by Crippen LogP contribution is 2.30. The minimum Gasteiger partial charge on any atom is -0.313 e. The summed E-state index contributed by atoms with van der Waals surface area (Å²) in [7, 11) is 0. The number of fused-ring (bicyclic) bond motifs is 1. The molecule has 2 rings (SSSR count). The maximum atomic E-state index is 3.52. The Hall–Kier alpha value is -0.860. The van der Waals surface area contributed by atoms with Crippen LogP contribution in [0.25, 0.3) is 0 Å². The molecule has 1 unspecified atom stereocenters. The summed E-state index contributed by atoms with van der Waals surface area (Å²) in [6.07, 6.45) is 1.21. The second kappa shape index (κ2) is 5.65. The maximum absolute atomic E-state index is 3.52. The van der Waals surface area contributed by atoms with Gasteiger partial charge in [0.05, 0.1) is 0 Å². The van der Waals surface area contributed by atoms with Gasteiger partial charge in [0.15, 0.2) is 0 Å². The molecule has 0 aliphatic carbocycles. The van der Waals surface area contributed by atoms with Gasteiger partial charge in [-0.15, -0.1) is 0 Å². The lowest BCUT2D eigenvalue weighted by Crippen LogP contribution is -2.35. The topological polar surface area (TPSA) is 15.3 Å². The molecule has 94 valence electrons. The van der Waals surface area contributed by atoms with Gasteiger partial charge in [-0.1, -0.05) is 31.2 Å². The lowest BCUT2D eigenvalue weighted by molar-refractivity contribution is 0.155. The van der Waals surface area contributed by atoms with E-state index < -0.39 is 0 Å². The number of nitrogens with zero attached hydrogens (tertiary/aromatic N) is 1. The summed E-state index contributed by atoms with van der Waals surface area (Å²) in [6.45, 7) is 10.1. The summed E-state index contributed by atoms with van der Waals surface area (Å²) >= 11 is 0. The molecule has 0 radical (unpaired) electrons. The normalized spacial score (nSPS) is 20.4. The van der Waals surface area contributed by atoms with E-state index in [0.29, 0.717) is 12.1 Å². The summed E-state index contributed by atoms with van der Waals surface area (Å²) in [5.74, 6) is 0. The number of rotatable bonds is 3. The molecule has 2 nitrogen and oxygen atoms in total. The van der Waals surface area contributed by atoms with E-state index in [1.165, 1.54) is 17.5 Å². The van der Waals surface area contributed by atoms with E-state index in [-0.39, 0.29) is 0 Å². The number of hydrogen-bond donors (Lipinski definition) is 1. The van der Waals surface area contributed by atoms with E-state index in [2.05, 4.69) is 55.3 Å². The molecule has 0 aromatic heterocycles. The third kappa shape index (κ3) is 2.70. The summed E-state index contributed by atoms with van der Waals surface area (Å²) in [5.41, 5.74) is 2.99. The molecular weight excluding hydrogens is 208 g/mol. The van der Waals surface area contributed by atoms with Crippen molar-refractivity contribution in [1.82, 2.24) is 10.2 Å². The molecule has 0 bridgehead atoms. The van der Waals surface area contributed by atoms with Gasteiger partial charge < -0.3 is 5.32 Å². The quantitative estimate of drug-likeness (QED) is 0.862. The predicted octanol–water partition coefficient (Wildman–Crippen LogP) is 2.95. The Labute approximate surface area is 105 Å². The van der Waals surface area contributed by atoms with Gasteiger partial charge in [0, 0.05) is 18.6 Å². The Bertz CT molecular complexity index is 360. The van der Waals surface area contributed by atoms with Gasteiger partial charge in [-0.2, -0.15) is 0 Å². The van der Waals surface area contributed by atoms with Crippen LogP contribution >= 0.6 is 0 Å². The van der Waals surface area contributed by atoms with Gasteiger partial charge in [0.2, 0.25) is 0 Å². The fraction of sp³-hybridized carbons (Fsp3) is 0.600. The molecule has 0 spiro atoms. The van der Waals surface area contributed by atoms with Crippen molar-refractivity contribution in [3.8, 4) is 0 Å². The minimum absolute atomic E-state index is 0.575. The SMILES string of the molecule is CCN(C(C)C)C1CCNCc2ccccc21. The zero-order chi connectivity index (χ0) is 12.3. The average Bonchev–Trinajstić information content (AvgIpc) is 2.53. The standard InChI is InChI=1S/C15H24N2/c1-4-17(12(2)3)15-9-10-16-11-13-7-5-6-8-14(13)15/h5-8,12,15-16H,4,9-11H2,1-3H3. The third-order valence-corrected chi connectivity index (χ3v) is 3.75. The zero-order valence-electron chi connectivity index (χ0n) is 11.2. The molecule has 0 saturated heterocycles. The molecule has 1 aromatic rings. The molecule has 1 heterocycles. The van der Waals surface area contributed by atoms with Crippen molar-refractivity contribution in [1.29, 1.82) is 0 Å². The molecule has 1 aromatic carbocycles. The lowest BCUT2D eigenvalue weighted by atomic mass is 9.97. The first-order chi connectivity index (χ1) is 8.24. The van der Waals surface area contributed by atoms with E-state index in [4.69, 9.17) is 0 Å². The molecule has 1 aliphatic rings. The highest BCUT2D eigenvalue weighted by atomic mass is 15.2. The van der Waals surface area contributed by atoms with Crippen molar-refractivity contribution in [3.63, 3.8) is 0 Å². The van der Waals surface area contributed by atoms with E-state index in [1.807, 2.05) is 0 Å². The Morgan fingerprint density at radius 3 is 2.82 bits per heavy atom. The molecule has 2 heteroatoms. The fourth-order valence-corrected chi connectivity index (χ4v) is 2.93. The second-order valence-electron chi connectivity index (χ2n) is 5.10. The van der Waals surface area contributed by atoms with Gasteiger partial charge in [-0.3, -0.25) is 4.90 Å². The van der Waals surface area contributed by atoms with Crippen LogP contribution in [0.4, 0.5) is 0 Å². The molecule has 1 atom stereocenters. The monoisotopic (exact) mass is 232 g/mol. The molecule has 1 N–H and O–H groups in total. The minimum atomic E-state index is 0.575. The van der Waals surface area contributed by atoms with Crippen molar-refractivity contribution < 1.29 is 0 Å². The van der Waals surface area contributed by atoms with Crippen LogP contribution in [0.2, 0.25) is 0 Å². The number of benzene rings is 1. The van der Waals surface area contributed by atoms with E-state index in [1.54, 1.807) is 0 Å². The molecule has 0 fully saturated rings. The highest BCUT2D eigenvalue weighted by molar-refractivity contribution is 5.31. The van der Waals surface area contributed by atoms with Gasteiger partial charge in [-0.25, -0.2) is 0 Å². The van der Waals surface area contributed by atoms with Crippen LogP contribution in [0.15, 0.2) is 24.3 Å². The molecule has 17 heavy (non-hydrogen) atoms. The summed E-state index contributed by atoms with van der Waals surface area (Å²) in [6, 6.07) is 10.1. The first-order valence-corrected chi connectivity index (χ1v) is 6.78. The Morgan fingerprint density at radius 1 is 1.35 bits per heavy atom. The second-order valence-corrected chi connectivity index (χ2v) is 5.10.